The van der Waals surface area contributed by atoms with E-state index in [0.717, 1.165) is 38.5 Å². The molecule has 0 rings (SSSR count). The predicted octanol–water partition coefficient (Wildman–Crippen LogP) is 26.4. The lowest BCUT2D eigenvalue weighted by atomic mass is 10.0. The molecule has 0 aromatic heterocycles. The Labute approximate surface area is 545 Å². The van der Waals surface area contributed by atoms with Crippen LogP contribution in [-0.4, -0.2) is 47.4 Å². The van der Waals surface area contributed by atoms with Crippen molar-refractivity contribution < 1.29 is 24.5 Å². The molecular weight excluding hydrogens is 1070 g/mol. The van der Waals surface area contributed by atoms with E-state index in [1.54, 1.807) is 6.08 Å². The van der Waals surface area contributed by atoms with Gasteiger partial charge in [0.05, 0.1) is 25.4 Å². The summed E-state index contributed by atoms with van der Waals surface area (Å²) in [5.41, 5.74) is 0. The Balaban J connectivity index is 3.27. The fourth-order valence-corrected chi connectivity index (χ4v) is 12.9. The zero-order valence-electron chi connectivity index (χ0n) is 59.3. The topological polar surface area (TPSA) is 95.9 Å². The Morgan fingerprint density at radius 1 is 0.310 bits per heavy atom. The maximum absolute atomic E-state index is 12.5. The summed E-state index contributed by atoms with van der Waals surface area (Å²) in [6, 6.07) is -0.622. The number of ether oxygens (including phenoxy) is 1. The van der Waals surface area contributed by atoms with Gasteiger partial charge in [0.1, 0.15) is 0 Å². The number of aliphatic hydroxyl groups excluding tert-OH is 2. The maximum atomic E-state index is 12.5. The van der Waals surface area contributed by atoms with Gasteiger partial charge in [-0.1, -0.05) is 411 Å². The fourth-order valence-electron chi connectivity index (χ4n) is 12.9. The zero-order valence-corrected chi connectivity index (χ0v) is 59.3. The van der Waals surface area contributed by atoms with Crippen LogP contribution in [0.1, 0.15) is 457 Å². The molecule has 0 saturated carbocycles. The van der Waals surface area contributed by atoms with Crippen LogP contribution in [0.25, 0.3) is 0 Å². The molecule has 6 nitrogen and oxygen atoms in total. The number of carbonyl (C=O) groups is 2. The second-order valence-corrected chi connectivity index (χ2v) is 27.8. The molecule has 0 spiro atoms. The van der Waals surface area contributed by atoms with E-state index in [1.807, 2.05) is 6.08 Å². The minimum Gasteiger partial charge on any atom is -0.466 e. The third-order valence-corrected chi connectivity index (χ3v) is 19.0. The summed E-state index contributed by atoms with van der Waals surface area (Å²) < 4.78 is 5.52. The molecule has 0 aliphatic rings. The van der Waals surface area contributed by atoms with E-state index < -0.39 is 12.1 Å². The first-order valence-electron chi connectivity index (χ1n) is 40.1. The molecule has 0 aromatic rings. The van der Waals surface area contributed by atoms with Gasteiger partial charge in [0.15, 0.2) is 0 Å². The molecule has 6 heteroatoms. The molecule has 0 saturated heterocycles. The van der Waals surface area contributed by atoms with E-state index in [2.05, 4.69) is 31.3 Å². The van der Waals surface area contributed by atoms with E-state index in [1.165, 1.54) is 392 Å². The van der Waals surface area contributed by atoms with Crippen molar-refractivity contribution in [3.63, 3.8) is 0 Å². The van der Waals surface area contributed by atoms with E-state index in [0.29, 0.717) is 19.4 Å². The molecule has 3 N–H and O–H groups in total. The van der Waals surface area contributed by atoms with E-state index in [-0.39, 0.29) is 18.5 Å². The number of esters is 1. The van der Waals surface area contributed by atoms with Crippen molar-refractivity contribution in [1.82, 2.24) is 5.32 Å². The molecule has 1 amide bonds. The molecule has 0 aliphatic heterocycles. The minimum atomic E-state index is -0.838. The lowest BCUT2D eigenvalue weighted by Gasteiger charge is -2.20. The molecule has 516 valence electrons. The number of unbranched alkanes of at least 4 members (excludes halogenated alkanes) is 63. The highest BCUT2D eigenvalue weighted by molar-refractivity contribution is 5.76. The van der Waals surface area contributed by atoms with Gasteiger partial charge in [0, 0.05) is 12.8 Å². The summed E-state index contributed by atoms with van der Waals surface area (Å²) in [5.74, 6) is -0.0359. The molecule has 87 heavy (non-hydrogen) atoms. The van der Waals surface area contributed by atoms with Crippen LogP contribution < -0.4 is 5.32 Å². The molecule has 0 bridgehead atoms. The van der Waals surface area contributed by atoms with Crippen molar-refractivity contribution in [2.24, 2.45) is 0 Å². The summed E-state index contributed by atoms with van der Waals surface area (Å²) in [6.45, 7) is 4.93. The predicted molar refractivity (Wildman–Crippen MR) is 384 cm³/mol. The highest BCUT2D eigenvalue weighted by Gasteiger charge is 2.18. The smallest absolute Gasteiger partial charge is 0.305 e. The molecule has 0 aromatic carbocycles. The van der Waals surface area contributed by atoms with Gasteiger partial charge < -0.3 is 20.3 Å². The van der Waals surface area contributed by atoms with Crippen molar-refractivity contribution >= 4 is 11.9 Å². The molecule has 0 fully saturated rings. The average Bonchev–Trinajstić information content (AvgIpc) is 3.54. The van der Waals surface area contributed by atoms with Crippen molar-refractivity contribution in [3.8, 4) is 0 Å². The number of amides is 1. The molecule has 2 unspecified atom stereocenters. The normalized spacial score (nSPS) is 12.6. The third kappa shape index (κ3) is 73.3. The van der Waals surface area contributed by atoms with E-state index in [9.17, 15) is 19.8 Å². The Morgan fingerprint density at radius 3 is 0.816 bits per heavy atom. The molecule has 0 heterocycles. The second kappa shape index (κ2) is 76.8. The summed E-state index contributed by atoms with van der Waals surface area (Å²) in [4.78, 5) is 24.6. The Bertz CT molecular complexity index is 1360. The highest BCUT2D eigenvalue weighted by Crippen LogP contribution is 2.20. The number of hydrogen-bond donors (Lipinski definition) is 3. The summed E-state index contributed by atoms with van der Waals surface area (Å²) in [5, 5.41) is 23.1. The van der Waals surface area contributed by atoms with Crippen molar-refractivity contribution in [2.45, 2.75) is 469 Å². The Morgan fingerprint density at radius 2 is 0.540 bits per heavy atom. The number of carbonyl (C=O) groups excluding carboxylic acids is 2. The van der Waals surface area contributed by atoms with Crippen LogP contribution in [0.15, 0.2) is 24.3 Å². The van der Waals surface area contributed by atoms with Gasteiger partial charge in [0.25, 0.3) is 0 Å². The van der Waals surface area contributed by atoms with Crippen LogP contribution in [0.3, 0.4) is 0 Å². The van der Waals surface area contributed by atoms with Crippen LogP contribution in [0, 0.1) is 0 Å². The molecule has 2 atom stereocenters. The number of aliphatic hydroxyl groups is 2. The van der Waals surface area contributed by atoms with Gasteiger partial charge in [-0.15, -0.1) is 0 Å². The van der Waals surface area contributed by atoms with Crippen LogP contribution in [-0.2, 0) is 14.3 Å². The van der Waals surface area contributed by atoms with E-state index >= 15 is 0 Å². The van der Waals surface area contributed by atoms with Crippen LogP contribution in [0.5, 0.6) is 0 Å². The van der Waals surface area contributed by atoms with Crippen molar-refractivity contribution in [2.75, 3.05) is 13.2 Å². The van der Waals surface area contributed by atoms with Gasteiger partial charge in [0.2, 0.25) is 5.91 Å². The van der Waals surface area contributed by atoms with Gasteiger partial charge in [-0.2, -0.15) is 0 Å². The summed E-state index contributed by atoms with van der Waals surface area (Å²) >= 11 is 0. The quantitative estimate of drug-likeness (QED) is 0.0320. The lowest BCUT2D eigenvalue weighted by Crippen LogP contribution is -2.45. The number of hydrogen-bond acceptors (Lipinski definition) is 5. The minimum absolute atomic E-state index is 0.0243. The first-order chi connectivity index (χ1) is 43.0. The largest absolute Gasteiger partial charge is 0.466 e. The summed E-state index contributed by atoms with van der Waals surface area (Å²) in [6.07, 6.45) is 99.0. The van der Waals surface area contributed by atoms with Gasteiger partial charge in [-0.3, -0.25) is 9.59 Å². The first-order valence-corrected chi connectivity index (χ1v) is 40.1. The maximum Gasteiger partial charge on any atom is 0.305 e. The van der Waals surface area contributed by atoms with Crippen molar-refractivity contribution in [1.29, 1.82) is 0 Å². The van der Waals surface area contributed by atoms with Crippen molar-refractivity contribution in [3.05, 3.63) is 24.3 Å². The zero-order chi connectivity index (χ0) is 62.8. The monoisotopic (exact) mass is 1220 g/mol. The van der Waals surface area contributed by atoms with Gasteiger partial charge in [-0.25, -0.2) is 0 Å². The molecule has 0 radical (unpaired) electrons. The number of nitrogens with one attached hydrogen (secondary N) is 1. The highest BCUT2D eigenvalue weighted by atomic mass is 16.5. The Hall–Kier alpha value is -1.66. The standard InChI is InChI=1S/C81H157NO5/c1-3-5-7-9-11-13-15-17-18-19-41-45-48-51-55-59-63-67-71-75-81(86)87-76-72-68-64-60-56-52-49-46-43-40-38-36-34-32-30-28-26-24-22-20-21-23-25-27-29-31-33-35-37-39-42-44-47-50-54-58-62-66-70-74-80(85)82-78(77-83)79(84)73-69-65-61-57-53-16-14-12-10-8-6-4-2/h17-18,69,73,78-79,83-84H,3-16,19-68,70-72,74-77H2,1-2H3,(H,82,85)/b18-17-,73-69+. The second-order valence-electron chi connectivity index (χ2n) is 27.8. The average molecular weight is 1230 g/mol. The SMILES string of the molecule is CCCCCCCC/C=C\CCCCCCCCCCCC(=O)OCCCCCCCCCCCCCCCCCCCCCCCCCCCCCCCCCCCCCCCCCC(=O)NC(CO)C(O)/C=C/CCCCCCCCCCCC. The van der Waals surface area contributed by atoms with Crippen LogP contribution in [0.2, 0.25) is 0 Å². The first kappa shape index (κ1) is 85.3. The number of allylic oxidation sites excluding steroid dienone is 3. The summed E-state index contributed by atoms with van der Waals surface area (Å²) in [7, 11) is 0. The fraction of sp³-hybridized carbons (Fsp3) is 0.926. The van der Waals surface area contributed by atoms with E-state index in [4.69, 9.17) is 4.74 Å². The third-order valence-electron chi connectivity index (χ3n) is 19.0. The van der Waals surface area contributed by atoms with Gasteiger partial charge >= 0.3 is 5.97 Å². The van der Waals surface area contributed by atoms with Crippen LogP contribution in [0.4, 0.5) is 0 Å². The number of rotatable bonds is 76. The molecule has 0 aliphatic carbocycles. The Kier molecular flexibility index (Phi) is 75.3. The van der Waals surface area contributed by atoms with Gasteiger partial charge in [-0.05, 0) is 57.8 Å². The lowest BCUT2D eigenvalue weighted by molar-refractivity contribution is -0.143. The molecular formula is C81H157NO5. The van der Waals surface area contributed by atoms with Crippen LogP contribution >= 0.6 is 0 Å².